The predicted octanol–water partition coefficient (Wildman–Crippen LogP) is 4.80. The van der Waals surface area contributed by atoms with E-state index in [-0.39, 0.29) is 22.8 Å². The molecule has 4 rings (SSSR count). The first-order valence-corrected chi connectivity index (χ1v) is 10.7. The van der Waals surface area contributed by atoms with Crippen LogP contribution in [0.4, 0.5) is 5.69 Å². The van der Waals surface area contributed by atoms with Gasteiger partial charge in [-0.3, -0.25) is 14.5 Å². The summed E-state index contributed by atoms with van der Waals surface area (Å²) in [5.41, 5.74) is 0.910. The molecule has 1 fully saturated rings. The Bertz CT molecular complexity index is 1290. The molecule has 7 nitrogen and oxygen atoms in total. The lowest BCUT2D eigenvalue weighted by molar-refractivity contribution is -0.132. The molecule has 0 saturated carbocycles. The lowest BCUT2D eigenvalue weighted by atomic mass is 9.95. The number of aromatic hydroxyl groups is 1. The lowest BCUT2D eigenvalue weighted by Gasteiger charge is -2.26. The van der Waals surface area contributed by atoms with Crippen LogP contribution in [-0.4, -0.2) is 36.1 Å². The number of aliphatic hydroxyl groups is 1. The van der Waals surface area contributed by atoms with E-state index in [0.29, 0.717) is 27.1 Å². The molecule has 1 amide bonds. The zero-order chi connectivity index (χ0) is 23.7. The average molecular weight is 510 g/mol. The summed E-state index contributed by atoms with van der Waals surface area (Å²) >= 11 is 3.38. The van der Waals surface area contributed by atoms with Crippen molar-refractivity contribution in [3.05, 3.63) is 87.9 Å². The normalized spacial score (nSPS) is 17.3. The van der Waals surface area contributed by atoms with Crippen LogP contribution in [0.1, 0.15) is 17.2 Å². The smallest absolute Gasteiger partial charge is 0.300 e. The van der Waals surface area contributed by atoms with E-state index in [9.17, 15) is 19.8 Å². The maximum absolute atomic E-state index is 13.2. The van der Waals surface area contributed by atoms with Gasteiger partial charge in [-0.2, -0.15) is 0 Å². The second-order valence-electron chi connectivity index (χ2n) is 7.28. The Morgan fingerprint density at radius 1 is 0.970 bits per heavy atom. The molecule has 1 saturated heterocycles. The number of nitrogens with zero attached hydrogens (tertiary/aromatic N) is 1. The number of amides is 1. The summed E-state index contributed by atoms with van der Waals surface area (Å²) in [5, 5.41) is 21.7. The quantitative estimate of drug-likeness (QED) is 0.291. The molecule has 0 spiro atoms. The van der Waals surface area contributed by atoms with E-state index in [1.54, 1.807) is 54.6 Å². The van der Waals surface area contributed by atoms with Crippen LogP contribution in [0.15, 0.2) is 76.8 Å². The molecule has 1 heterocycles. The number of methoxy groups -OCH3 is 2. The van der Waals surface area contributed by atoms with Crippen molar-refractivity contribution in [3.8, 4) is 17.2 Å². The number of para-hydroxylation sites is 2. The van der Waals surface area contributed by atoms with Crippen molar-refractivity contribution in [2.24, 2.45) is 0 Å². The number of aliphatic hydroxyl groups excluding tert-OH is 1. The number of Topliss-reactive ketones (excluding diaryl/α,β-unsaturated/α-hetero) is 1. The van der Waals surface area contributed by atoms with E-state index < -0.39 is 17.7 Å². The fourth-order valence-electron chi connectivity index (χ4n) is 3.85. The highest BCUT2D eigenvalue weighted by molar-refractivity contribution is 9.10. The number of rotatable bonds is 5. The van der Waals surface area contributed by atoms with Crippen LogP contribution in [0.5, 0.6) is 17.2 Å². The highest BCUT2D eigenvalue weighted by atomic mass is 79.9. The number of hydrogen-bond acceptors (Lipinski definition) is 6. The number of ketones is 1. The molecule has 0 radical (unpaired) electrons. The van der Waals surface area contributed by atoms with Gasteiger partial charge in [0.05, 0.1) is 36.0 Å². The van der Waals surface area contributed by atoms with Crippen LogP contribution in [0.25, 0.3) is 5.76 Å². The Morgan fingerprint density at radius 3 is 2.39 bits per heavy atom. The monoisotopic (exact) mass is 509 g/mol. The van der Waals surface area contributed by atoms with Gasteiger partial charge < -0.3 is 19.7 Å². The number of anilines is 1. The largest absolute Gasteiger partial charge is 0.507 e. The van der Waals surface area contributed by atoms with E-state index in [4.69, 9.17) is 9.47 Å². The standard InChI is InChI=1S/C25H20BrNO6/c1-32-16-7-5-6-14(12-16)22-21(23(29)15-10-11-20(33-2)17(26)13-15)24(30)25(31)27(22)18-8-3-4-9-19(18)28/h3-13,22,28-29H,1-2H3/b23-21-. The van der Waals surface area contributed by atoms with Gasteiger partial charge in [0.15, 0.2) is 0 Å². The molecule has 0 aromatic heterocycles. The molecule has 0 aliphatic carbocycles. The first-order chi connectivity index (χ1) is 15.9. The van der Waals surface area contributed by atoms with Crippen LogP contribution in [-0.2, 0) is 9.59 Å². The van der Waals surface area contributed by atoms with Gasteiger partial charge in [0.1, 0.15) is 23.0 Å². The van der Waals surface area contributed by atoms with Gasteiger partial charge in [-0.15, -0.1) is 0 Å². The molecule has 0 bridgehead atoms. The van der Waals surface area contributed by atoms with E-state index >= 15 is 0 Å². The maximum atomic E-state index is 13.2. The summed E-state index contributed by atoms with van der Waals surface area (Å²) in [6, 6.07) is 16.9. The Balaban J connectivity index is 1.97. The Labute approximate surface area is 198 Å². The molecule has 8 heteroatoms. The SMILES string of the molecule is COc1cccc(C2/C(=C(/O)c3ccc(OC)c(Br)c3)C(=O)C(=O)N2c2ccccc2O)c1. The van der Waals surface area contributed by atoms with Crippen molar-refractivity contribution in [1.29, 1.82) is 0 Å². The zero-order valence-electron chi connectivity index (χ0n) is 17.8. The van der Waals surface area contributed by atoms with Crippen molar-refractivity contribution in [2.45, 2.75) is 6.04 Å². The third-order valence-corrected chi connectivity index (χ3v) is 6.04. The molecule has 3 aromatic carbocycles. The Kier molecular flexibility index (Phi) is 6.11. The summed E-state index contributed by atoms with van der Waals surface area (Å²) in [6.07, 6.45) is 0. The van der Waals surface area contributed by atoms with Gasteiger partial charge in [-0.25, -0.2) is 0 Å². The molecule has 3 aromatic rings. The fourth-order valence-corrected chi connectivity index (χ4v) is 4.39. The fraction of sp³-hybridized carbons (Fsp3) is 0.120. The number of carbonyl (C=O) groups is 2. The number of carbonyl (C=O) groups excluding carboxylic acids is 2. The Hall–Kier alpha value is -3.78. The molecule has 1 atom stereocenters. The van der Waals surface area contributed by atoms with Crippen molar-refractivity contribution in [2.75, 3.05) is 19.1 Å². The number of ether oxygens (including phenoxy) is 2. The zero-order valence-corrected chi connectivity index (χ0v) is 19.4. The summed E-state index contributed by atoms with van der Waals surface area (Å²) in [6.45, 7) is 0. The summed E-state index contributed by atoms with van der Waals surface area (Å²) in [7, 11) is 3.02. The third-order valence-electron chi connectivity index (χ3n) is 5.42. The molecule has 168 valence electrons. The van der Waals surface area contributed by atoms with Crippen LogP contribution < -0.4 is 14.4 Å². The van der Waals surface area contributed by atoms with Crippen LogP contribution in [0.3, 0.4) is 0 Å². The highest BCUT2D eigenvalue weighted by Crippen LogP contribution is 2.45. The molecule has 1 aliphatic rings. The number of phenolic OH excluding ortho intramolecular Hbond substituents is 1. The number of hydrogen-bond donors (Lipinski definition) is 2. The van der Waals surface area contributed by atoms with Gasteiger partial charge in [-0.05, 0) is 64.0 Å². The van der Waals surface area contributed by atoms with Crippen LogP contribution in [0.2, 0.25) is 0 Å². The van der Waals surface area contributed by atoms with Crippen molar-refractivity contribution in [1.82, 2.24) is 0 Å². The van der Waals surface area contributed by atoms with Gasteiger partial charge in [0.25, 0.3) is 11.7 Å². The van der Waals surface area contributed by atoms with Gasteiger partial charge in [0, 0.05) is 5.56 Å². The van der Waals surface area contributed by atoms with E-state index in [2.05, 4.69) is 15.9 Å². The van der Waals surface area contributed by atoms with E-state index in [0.717, 1.165) is 0 Å². The topological polar surface area (TPSA) is 96.3 Å². The minimum absolute atomic E-state index is 0.103. The summed E-state index contributed by atoms with van der Waals surface area (Å²) in [4.78, 5) is 27.6. The van der Waals surface area contributed by atoms with E-state index in [1.807, 2.05) is 0 Å². The van der Waals surface area contributed by atoms with Crippen LogP contribution >= 0.6 is 15.9 Å². The first-order valence-electron chi connectivity index (χ1n) is 9.94. The third kappa shape index (κ3) is 3.93. The predicted molar refractivity (Wildman–Crippen MR) is 127 cm³/mol. The lowest BCUT2D eigenvalue weighted by Crippen LogP contribution is -2.29. The summed E-state index contributed by atoms with van der Waals surface area (Å²) < 4.78 is 11.1. The first kappa shape index (κ1) is 22.4. The molecule has 33 heavy (non-hydrogen) atoms. The van der Waals surface area contributed by atoms with E-state index in [1.165, 1.54) is 31.3 Å². The number of halogens is 1. The van der Waals surface area contributed by atoms with Crippen LogP contribution in [0, 0.1) is 0 Å². The molecular formula is C25H20BrNO6. The van der Waals surface area contributed by atoms with Gasteiger partial charge >= 0.3 is 0 Å². The van der Waals surface area contributed by atoms with Gasteiger partial charge in [0.2, 0.25) is 0 Å². The molecule has 1 aliphatic heterocycles. The second-order valence-corrected chi connectivity index (χ2v) is 8.14. The average Bonchev–Trinajstić information content (AvgIpc) is 3.09. The number of benzene rings is 3. The maximum Gasteiger partial charge on any atom is 0.300 e. The minimum Gasteiger partial charge on any atom is -0.507 e. The Morgan fingerprint density at radius 2 is 1.73 bits per heavy atom. The van der Waals surface area contributed by atoms with Crippen molar-refractivity contribution < 1.29 is 29.3 Å². The molecule has 2 N–H and O–H groups in total. The van der Waals surface area contributed by atoms with Crippen molar-refractivity contribution >= 4 is 39.1 Å². The highest BCUT2D eigenvalue weighted by Gasteiger charge is 2.47. The second kappa shape index (κ2) is 8.99. The summed E-state index contributed by atoms with van der Waals surface area (Å²) in [5.74, 6) is -1.18. The van der Waals surface area contributed by atoms with Crippen molar-refractivity contribution in [3.63, 3.8) is 0 Å². The number of phenols is 1. The molecular weight excluding hydrogens is 490 g/mol. The molecule has 1 unspecified atom stereocenters. The minimum atomic E-state index is -0.991. The van der Waals surface area contributed by atoms with Gasteiger partial charge in [-0.1, -0.05) is 24.3 Å².